The summed E-state index contributed by atoms with van der Waals surface area (Å²) in [6.45, 7) is 6.13. The Morgan fingerprint density at radius 3 is 2.45 bits per heavy atom. The molecule has 1 N–H and O–H groups in total. The van der Waals surface area contributed by atoms with Crippen LogP contribution in [-0.4, -0.2) is 35.9 Å². The Labute approximate surface area is 175 Å². The van der Waals surface area contributed by atoms with Crippen molar-refractivity contribution < 1.29 is 18.7 Å². The number of nitrogens with one attached hydrogen (secondary N) is 1. The molecule has 0 aliphatic carbocycles. The number of rotatable bonds is 9. The average molecular weight is 421 g/mol. The summed E-state index contributed by atoms with van der Waals surface area (Å²) in [5, 5.41) is 3.40. The topological polar surface area (TPSA) is 58.6 Å². The van der Waals surface area contributed by atoms with Crippen LogP contribution < -0.4 is 10.1 Å². The highest BCUT2D eigenvalue weighted by molar-refractivity contribution is 6.30. The Hall–Kier alpha value is -2.60. The van der Waals surface area contributed by atoms with Crippen LogP contribution in [-0.2, 0) is 16.1 Å². The second kappa shape index (κ2) is 10.8. The summed E-state index contributed by atoms with van der Waals surface area (Å²) in [4.78, 5) is 26.9. The maximum absolute atomic E-state index is 13.0. The Bertz CT molecular complexity index is 827. The first-order valence-corrected chi connectivity index (χ1v) is 9.84. The van der Waals surface area contributed by atoms with Crippen LogP contribution in [0.15, 0.2) is 48.5 Å². The van der Waals surface area contributed by atoms with Crippen molar-refractivity contribution in [2.45, 2.75) is 33.4 Å². The second-order valence-corrected chi connectivity index (χ2v) is 7.65. The molecule has 0 heterocycles. The Kier molecular flexibility index (Phi) is 8.46. The molecule has 0 aromatic heterocycles. The number of ether oxygens (including phenoxy) is 1. The molecule has 0 aliphatic rings. The number of benzene rings is 2. The van der Waals surface area contributed by atoms with Gasteiger partial charge in [0.2, 0.25) is 5.91 Å². The summed E-state index contributed by atoms with van der Waals surface area (Å²) in [6, 6.07) is 11.8. The lowest BCUT2D eigenvalue weighted by Crippen LogP contribution is -2.49. The van der Waals surface area contributed by atoms with Crippen LogP contribution in [0.3, 0.4) is 0 Å². The largest absolute Gasteiger partial charge is 0.484 e. The first-order valence-electron chi connectivity index (χ1n) is 9.46. The minimum absolute atomic E-state index is 0.211. The van der Waals surface area contributed by atoms with Gasteiger partial charge in [0.05, 0.1) is 0 Å². The third-order valence-electron chi connectivity index (χ3n) is 4.27. The molecule has 1 unspecified atom stereocenters. The lowest BCUT2D eigenvalue weighted by molar-refractivity contribution is -0.142. The third kappa shape index (κ3) is 7.38. The summed E-state index contributed by atoms with van der Waals surface area (Å²) in [5.74, 6) is -0.316. The highest BCUT2D eigenvalue weighted by Crippen LogP contribution is 2.16. The highest BCUT2D eigenvalue weighted by Gasteiger charge is 2.26. The zero-order valence-electron chi connectivity index (χ0n) is 16.8. The number of nitrogens with zero attached hydrogens (tertiary/aromatic N) is 1. The Morgan fingerprint density at radius 1 is 1.14 bits per heavy atom. The molecule has 156 valence electrons. The van der Waals surface area contributed by atoms with E-state index >= 15 is 0 Å². The summed E-state index contributed by atoms with van der Waals surface area (Å²) in [7, 11) is 0. The molecule has 5 nitrogen and oxygen atoms in total. The molecule has 0 radical (unpaired) electrons. The average Bonchev–Trinajstić information content (AvgIpc) is 2.69. The van der Waals surface area contributed by atoms with Crippen molar-refractivity contribution >= 4 is 23.4 Å². The molecular formula is C22H26ClFN2O3. The zero-order chi connectivity index (χ0) is 21.4. The van der Waals surface area contributed by atoms with Crippen LogP contribution in [0, 0.1) is 11.7 Å². The fraction of sp³-hybridized carbons (Fsp3) is 0.364. The van der Waals surface area contributed by atoms with Crippen LogP contribution >= 0.6 is 11.6 Å². The smallest absolute Gasteiger partial charge is 0.261 e. The van der Waals surface area contributed by atoms with E-state index in [1.54, 1.807) is 25.1 Å². The number of carbonyl (C=O) groups excluding carboxylic acids is 2. The van der Waals surface area contributed by atoms with E-state index in [0.29, 0.717) is 23.2 Å². The van der Waals surface area contributed by atoms with Gasteiger partial charge in [0.1, 0.15) is 17.6 Å². The number of amides is 2. The Morgan fingerprint density at radius 2 is 1.83 bits per heavy atom. The van der Waals surface area contributed by atoms with Crippen molar-refractivity contribution in [3.63, 3.8) is 0 Å². The van der Waals surface area contributed by atoms with Crippen LogP contribution in [0.4, 0.5) is 4.39 Å². The van der Waals surface area contributed by atoms with Crippen molar-refractivity contribution in [2.75, 3.05) is 13.2 Å². The van der Waals surface area contributed by atoms with Crippen LogP contribution in [0.2, 0.25) is 5.02 Å². The van der Waals surface area contributed by atoms with Crippen LogP contribution in [0.25, 0.3) is 0 Å². The monoisotopic (exact) mass is 420 g/mol. The molecule has 0 bridgehead atoms. The number of halogens is 2. The molecule has 7 heteroatoms. The fourth-order valence-electron chi connectivity index (χ4n) is 2.63. The van der Waals surface area contributed by atoms with E-state index in [0.717, 1.165) is 5.56 Å². The minimum Gasteiger partial charge on any atom is -0.484 e. The van der Waals surface area contributed by atoms with Crippen molar-refractivity contribution in [1.82, 2.24) is 10.2 Å². The molecule has 1 atom stereocenters. The van der Waals surface area contributed by atoms with E-state index in [1.807, 2.05) is 19.9 Å². The maximum atomic E-state index is 13.0. The van der Waals surface area contributed by atoms with Gasteiger partial charge in [-0.05, 0) is 54.8 Å². The molecule has 2 rings (SSSR count). The van der Waals surface area contributed by atoms with Gasteiger partial charge >= 0.3 is 0 Å². The number of hydrogen-bond donors (Lipinski definition) is 1. The molecule has 0 aliphatic heterocycles. The molecular weight excluding hydrogens is 395 g/mol. The van der Waals surface area contributed by atoms with Gasteiger partial charge in [-0.2, -0.15) is 0 Å². The van der Waals surface area contributed by atoms with Gasteiger partial charge in [0, 0.05) is 18.1 Å². The standard InChI is InChI=1S/C22H26ClFN2O3/c1-15(2)12-25-22(28)16(3)26(13-17-5-4-6-18(23)11-17)21(27)14-29-20-9-7-19(24)8-10-20/h4-11,15-16H,12-14H2,1-3H3,(H,25,28). The van der Waals surface area contributed by atoms with Gasteiger partial charge in [0.25, 0.3) is 5.91 Å². The maximum Gasteiger partial charge on any atom is 0.261 e. The van der Waals surface area contributed by atoms with Crippen molar-refractivity contribution in [3.8, 4) is 5.75 Å². The first-order chi connectivity index (χ1) is 13.8. The quantitative estimate of drug-likeness (QED) is 0.665. The van der Waals surface area contributed by atoms with E-state index in [1.165, 1.54) is 29.2 Å². The second-order valence-electron chi connectivity index (χ2n) is 7.21. The van der Waals surface area contributed by atoms with E-state index in [4.69, 9.17) is 16.3 Å². The van der Waals surface area contributed by atoms with Gasteiger partial charge in [-0.3, -0.25) is 9.59 Å². The normalized spacial score (nSPS) is 11.8. The Balaban J connectivity index is 2.12. The zero-order valence-corrected chi connectivity index (χ0v) is 17.6. The molecule has 0 spiro atoms. The van der Waals surface area contributed by atoms with Crippen molar-refractivity contribution in [3.05, 3.63) is 64.9 Å². The number of carbonyl (C=O) groups is 2. The van der Waals surface area contributed by atoms with E-state index in [-0.39, 0.29) is 30.8 Å². The molecule has 2 amide bonds. The van der Waals surface area contributed by atoms with Crippen molar-refractivity contribution in [1.29, 1.82) is 0 Å². The van der Waals surface area contributed by atoms with Crippen molar-refractivity contribution in [2.24, 2.45) is 5.92 Å². The summed E-state index contributed by atoms with van der Waals surface area (Å²) < 4.78 is 18.5. The summed E-state index contributed by atoms with van der Waals surface area (Å²) >= 11 is 6.05. The van der Waals surface area contributed by atoms with E-state index in [9.17, 15) is 14.0 Å². The highest BCUT2D eigenvalue weighted by atomic mass is 35.5. The molecule has 2 aromatic carbocycles. The lowest BCUT2D eigenvalue weighted by atomic mass is 10.1. The van der Waals surface area contributed by atoms with Gasteiger partial charge in [-0.1, -0.05) is 37.6 Å². The fourth-order valence-corrected chi connectivity index (χ4v) is 2.84. The lowest BCUT2D eigenvalue weighted by Gasteiger charge is -2.29. The molecule has 2 aromatic rings. The van der Waals surface area contributed by atoms with E-state index < -0.39 is 6.04 Å². The van der Waals surface area contributed by atoms with Gasteiger partial charge < -0.3 is 15.0 Å². The van der Waals surface area contributed by atoms with Gasteiger partial charge in [0.15, 0.2) is 6.61 Å². The number of hydrogen-bond acceptors (Lipinski definition) is 3. The van der Waals surface area contributed by atoms with Gasteiger partial charge in [-0.15, -0.1) is 0 Å². The van der Waals surface area contributed by atoms with Crippen LogP contribution in [0.1, 0.15) is 26.3 Å². The molecule has 0 fully saturated rings. The van der Waals surface area contributed by atoms with Gasteiger partial charge in [-0.25, -0.2) is 4.39 Å². The third-order valence-corrected chi connectivity index (χ3v) is 4.50. The predicted molar refractivity (Wildman–Crippen MR) is 111 cm³/mol. The minimum atomic E-state index is -0.697. The molecule has 29 heavy (non-hydrogen) atoms. The SMILES string of the molecule is CC(C)CNC(=O)C(C)N(Cc1cccc(Cl)c1)C(=O)COc1ccc(F)cc1. The van der Waals surface area contributed by atoms with Crippen LogP contribution in [0.5, 0.6) is 5.75 Å². The van der Waals surface area contributed by atoms with E-state index in [2.05, 4.69) is 5.32 Å². The predicted octanol–water partition coefficient (Wildman–Crippen LogP) is 4.05. The first kappa shape index (κ1) is 22.7. The summed E-state index contributed by atoms with van der Waals surface area (Å²) in [6.07, 6.45) is 0. The summed E-state index contributed by atoms with van der Waals surface area (Å²) in [5.41, 5.74) is 0.802. The molecule has 0 saturated heterocycles. The molecule has 0 saturated carbocycles.